The number of hydrogen-bond donors (Lipinski definition) is 1. The molecule has 104 valence electrons. The van der Waals surface area contributed by atoms with Gasteiger partial charge < -0.3 is 14.3 Å². The van der Waals surface area contributed by atoms with Gasteiger partial charge in [-0.25, -0.2) is 0 Å². The van der Waals surface area contributed by atoms with Crippen molar-refractivity contribution in [2.24, 2.45) is 0 Å². The minimum Gasteiger partial charge on any atom is -0.497 e. The van der Waals surface area contributed by atoms with Gasteiger partial charge in [0.05, 0.1) is 19.1 Å². The third-order valence-electron chi connectivity index (χ3n) is 3.72. The molecule has 0 saturated heterocycles. The lowest BCUT2D eigenvalue weighted by atomic mass is 10.2. The van der Waals surface area contributed by atoms with Gasteiger partial charge in [0, 0.05) is 28.4 Å². The summed E-state index contributed by atoms with van der Waals surface area (Å²) in [5.74, 6) is 0.909. The molecule has 1 N–H and O–H groups in total. The molecule has 0 spiro atoms. The summed E-state index contributed by atoms with van der Waals surface area (Å²) >= 11 is 0. The first kappa shape index (κ1) is 11.9. The predicted molar refractivity (Wildman–Crippen MR) is 81.3 cm³/mol. The molecule has 0 unspecified atom stereocenters. The SMILES string of the molecule is COc1ccc2cn(-c3ccc4ccoc4c3)c(O)c2c1. The number of nitrogens with zero attached hydrogens (tertiary/aromatic N) is 1. The van der Waals surface area contributed by atoms with E-state index >= 15 is 0 Å². The number of benzene rings is 2. The van der Waals surface area contributed by atoms with Crippen molar-refractivity contribution in [3.63, 3.8) is 0 Å². The van der Waals surface area contributed by atoms with E-state index in [1.807, 2.05) is 48.7 Å². The van der Waals surface area contributed by atoms with E-state index in [-0.39, 0.29) is 5.88 Å². The van der Waals surface area contributed by atoms with Gasteiger partial charge in [0.25, 0.3) is 0 Å². The molecule has 0 aliphatic rings. The lowest BCUT2D eigenvalue weighted by Gasteiger charge is -2.04. The molecule has 0 atom stereocenters. The Morgan fingerprint density at radius 2 is 1.90 bits per heavy atom. The summed E-state index contributed by atoms with van der Waals surface area (Å²) in [4.78, 5) is 0. The van der Waals surface area contributed by atoms with Crippen LogP contribution >= 0.6 is 0 Å². The van der Waals surface area contributed by atoms with Gasteiger partial charge in [-0.15, -0.1) is 0 Å². The average molecular weight is 279 g/mol. The van der Waals surface area contributed by atoms with Crippen LogP contribution in [0, 0.1) is 0 Å². The van der Waals surface area contributed by atoms with Crippen LogP contribution in [-0.2, 0) is 0 Å². The zero-order valence-corrected chi connectivity index (χ0v) is 11.4. The fourth-order valence-corrected chi connectivity index (χ4v) is 2.59. The Morgan fingerprint density at radius 3 is 2.76 bits per heavy atom. The normalized spacial score (nSPS) is 11.3. The maximum Gasteiger partial charge on any atom is 0.203 e. The summed E-state index contributed by atoms with van der Waals surface area (Å²) in [6.07, 6.45) is 3.56. The molecule has 2 heterocycles. The Bertz CT molecular complexity index is 949. The largest absolute Gasteiger partial charge is 0.497 e. The Hall–Kier alpha value is -2.88. The number of aromatic hydroxyl groups is 1. The van der Waals surface area contributed by atoms with Crippen LogP contribution in [0.2, 0.25) is 0 Å². The first-order chi connectivity index (χ1) is 10.3. The highest BCUT2D eigenvalue weighted by Gasteiger charge is 2.11. The summed E-state index contributed by atoms with van der Waals surface area (Å²) in [6.45, 7) is 0. The summed E-state index contributed by atoms with van der Waals surface area (Å²) in [7, 11) is 1.61. The zero-order valence-electron chi connectivity index (χ0n) is 11.4. The van der Waals surface area contributed by atoms with E-state index in [0.717, 1.165) is 33.2 Å². The van der Waals surface area contributed by atoms with Gasteiger partial charge in [0.1, 0.15) is 11.3 Å². The van der Waals surface area contributed by atoms with Gasteiger partial charge in [-0.3, -0.25) is 4.57 Å². The number of methoxy groups -OCH3 is 1. The second-order valence-electron chi connectivity index (χ2n) is 4.92. The number of hydrogen-bond acceptors (Lipinski definition) is 3. The molecule has 4 heteroatoms. The van der Waals surface area contributed by atoms with Crippen molar-refractivity contribution < 1.29 is 14.3 Å². The minimum atomic E-state index is 0.190. The molecule has 4 nitrogen and oxygen atoms in total. The number of furan rings is 1. The molecule has 0 aliphatic carbocycles. The van der Waals surface area contributed by atoms with E-state index in [4.69, 9.17) is 9.15 Å². The second-order valence-corrected chi connectivity index (χ2v) is 4.92. The molecule has 2 aromatic carbocycles. The summed E-state index contributed by atoms with van der Waals surface area (Å²) in [6, 6.07) is 13.4. The molecule has 4 rings (SSSR count). The third kappa shape index (κ3) is 1.76. The van der Waals surface area contributed by atoms with Gasteiger partial charge in [-0.2, -0.15) is 0 Å². The van der Waals surface area contributed by atoms with Crippen molar-refractivity contribution in [3.8, 4) is 17.3 Å². The van der Waals surface area contributed by atoms with E-state index in [0.29, 0.717) is 0 Å². The Kier molecular flexibility index (Phi) is 2.44. The molecular formula is C17H13NO3. The Morgan fingerprint density at radius 1 is 1.05 bits per heavy atom. The van der Waals surface area contributed by atoms with E-state index in [1.54, 1.807) is 17.9 Å². The lowest BCUT2D eigenvalue weighted by Crippen LogP contribution is -1.90. The molecule has 0 radical (unpaired) electrons. The minimum absolute atomic E-state index is 0.190. The van der Waals surface area contributed by atoms with Crippen LogP contribution in [0.4, 0.5) is 0 Å². The van der Waals surface area contributed by atoms with E-state index in [1.165, 1.54) is 0 Å². The smallest absolute Gasteiger partial charge is 0.203 e. The molecule has 0 aliphatic heterocycles. The number of aromatic nitrogens is 1. The summed E-state index contributed by atoms with van der Waals surface area (Å²) in [5.41, 5.74) is 1.65. The molecule has 21 heavy (non-hydrogen) atoms. The molecule has 0 bridgehead atoms. The monoisotopic (exact) mass is 279 g/mol. The molecular weight excluding hydrogens is 266 g/mol. The van der Waals surface area contributed by atoms with Crippen molar-refractivity contribution in [2.45, 2.75) is 0 Å². The van der Waals surface area contributed by atoms with Crippen LogP contribution in [0.5, 0.6) is 11.6 Å². The Labute approximate surface area is 120 Å². The van der Waals surface area contributed by atoms with Crippen molar-refractivity contribution in [1.82, 2.24) is 4.57 Å². The van der Waals surface area contributed by atoms with Crippen LogP contribution in [0.15, 0.2) is 59.3 Å². The fourth-order valence-electron chi connectivity index (χ4n) is 2.59. The first-order valence-corrected chi connectivity index (χ1v) is 6.62. The highest BCUT2D eigenvalue weighted by Crippen LogP contribution is 2.33. The maximum absolute atomic E-state index is 10.5. The van der Waals surface area contributed by atoms with Crippen molar-refractivity contribution in [1.29, 1.82) is 0 Å². The van der Waals surface area contributed by atoms with Crippen LogP contribution in [0.3, 0.4) is 0 Å². The van der Waals surface area contributed by atoms with Crippen LogP contribution in [0.25, 0.3) is 27.4 Å². The predicted octanol–water partition coefficient (Wildman–Crippen LogP) is 4.09. The van der Waals surface area contributed by atoms with Crippen LogP contribution < -0.4 is 4.74 Å². The zero-order chi connectivity index (χ0) is 14.4. The maximum atomic E-state index is 10.5. The van der Waals surface area contributed by atoms with Crippen LogP contribution in [-0.4, -0.2) is 16.8 Å². The topological polar surface area (TPSA) is 47.5 Å². The summed E-state index contributed by atoms with van der Waals surface area (Å²) in [5, 5.41) is 13.2. The standard InChI is InChI=1S/C17H13NO3/c1-20-14-5-3-12-10-18(17(19)15(12)9-14)13-4-2-11-6-7-21-16(11)8-13/h2-10,19H,1H3. The average Bonchev–Trinajstić information content (AvgIpc) is 3.11. The summed E-state index contributed by atoms with van der Waals surface area (Å²) < 4.78 is 12.4. The molecule has 0 amide bonds. The molecule has 0 fully saturated rings. The van der Waals surface area contributed by atoms with Gasteiger partial charge in [0.15, 0.2) is 0 Å². The molecule has 2 aromatic heterocycles. The highest BCUT2D eigenvalue weighted by atomic mass is 16.5. The van der Waals surface area contributed by atoms with Crippen molar-refractivity contribution in [2.75, 3.05) is 7.11 Å². The van der Waals surface area contributed by atoms with Crippen molar-refractivity contribution >= 4 is 21.7 Å². The fraction of sp³-hybridized carbons (Fsp3) is 0.0588. The van der Waals surface area contributed by atoms with E-state index < -0.39 is 0 Å². The van der Waals surface area contributed by atoms with Gasteiger partial charge in [-0.1, -0.05) is 0 Å². The molecule has 4 aromatic rings. The first-order valence-electron chi connectivity index (χ1n) is 6.62. The van der Waals surface area contributed by atoms with E-state index in [9.17, 15) is 5.11 Å². The number of rotatable bonds is 2. The quantitative estimate of drug-likeness (QED) is 0.601. The second kappa shape index (κ2) is 4.31. The van der Waals surface area contributed by atoms with Crippen LogP contribution in [0.1, 0.15) is 0 Å². The van der Waals surface area contributed by atoms with Gasteiger partial charge >= 0.3 is 0 Å². The molecule has 0 saturated carbocycles. The Balaban J connectivity index is 1.94. The van der Waals surface area contributed by atoms with Crippen molar-refractivity contribution in [3.05, 3.63) is 54.9 Å². The van der Waals surface area contributed by atoms with Gasteiger partial charge in [-0.05, 0) is 36.4 Å². The number of fused-ring (bicyclic) bond motifs is 2. The van der Waals surface area contributed by atoms with Gasteiger partial charge in [0.2, 0.25) is 5.88 Å². The van der Waals surface area contributed by atoms with E-state index in [2.05, 4.69) is 0 Å². The highest BCUT2D eigenvalue weighted by molar-refractivity contribution is 5.90. The number of ether oxygens (including phenoxy) is 1. The lowest BCUT2D eigenvalue weighted by molar-refractivity contribution is 0.414. The third-order valence-corrected chi connectivity index (χ3v) is 3.72.